The van der Waals surface area contributed by atoms with E-state index < -0.39 is 6.04 Å². The molecule has 3 rings (SSSR count). The van der Waals surface area contributed by atoms with Crippen molar-refractivity contribution in [2.45, 2.75) is 45.6 Å². The Bertz CT molecular complexity index is 1030. The van der Waals surface area contributed by atoms with Crippen LogP contribution in [-0.2, 0) is 11.2 Å². The predicted molar refractivity (Wildman–Crippen MR) is 127 cm³/mol. The smallest absolute Gasteiger partial charge is 0.251 e. The second-order valence-electron chi connectivity index (χ2n) is 7.48. The van der Waals surface area contributed by atoms with Crippen molar-refractivity contribution >= 4 is 28.3 Å². The van der Waals surface area contributed by atoms with E-state index in [-0.39, 0.29) is 11.8 Å². The molecule has 7 nitrogen and oxygen atoms in total. The molecule has 1 heterocycles. The highest BCUT2D eigenvalue weighted by atomic mass is 32.1. The van der Waals surface area contributed by atoms with E-state index in [4.69, 9.17) is 4.74 Å². The van der Waals surface area contributed by atoms with E-state index in [1.807, 2.05) is 36.4 Å². The van der Waals surface area contributed by atoms with E-state index in [1.54, 1.807) is 26.2 Å². The first-order valence-corrected chi connectivity index (χ1v) is 11.5. The molecule has 8 heteroatoms. The van der Waals surface area contributed by atoms with E-state index in [9.17, 15) is 9.59 Å². The Kier molecular flexibility index (Phi) is 8.33. The fourth-order valence-electron chi connectivity index (χ4n) is 3.09. The topological polar surface area (TPSA) is 93.2 Å². The zero-order valence-corrected chi connectivity index (χ0v) is 19.4. The lowest BCUT2D eigenvalue weighted by atomic mass is 10.0. The van der Waals surface area contributed by atoms with Crippen molar-refractivity contribution in [3.63, 3.8) is 0 Å². The number of aryl methyl sites for hydroxylation is 1. The molecule has 0 saturated carbocycles. The molecule has 168 valence electrons. The molecular formula is C24H28N4O3S. The zero-order chi connectivity index (χ0) is 22.9. The molecular weight excluding hydrogens is 424 g/mol. The van der Waals surface area contributed by atoms with Gasteiger partial charge in [0.05, 0.1) is 7.11 Å². The second kappa shape index (κ2) is 11.4. The number of benzene rings is 2. The van der Waals surface area contributed by atoms with Gasteiger partial charge in [0.1, 0.15) is 16.8 Å². The molecule has 0 aliphatic carbocycles. The number of anilines is 1. The third-order valence-corrected chi connectivity index (χ3v) is 5.91. The van der Waals surface area contributed by atoms with Crippen LogP contribution >= 0.6 is 11.3 Å². The summed E-state index contributed by atoms with van der Waals surface area (Å²) in [7, 11) is 1.61. The number of amides is 2. The first-order chi connectivity index (χ1) is 15.5. The maximum atomic E-state index is 12.5. The van der Waals surface area contributed by atoms with Gasteiger partial charge in [0.25, 0.3) is 5.91 Å². The van der Waals surface area contributed by atoms with E-state index in [1.165, 1.54) is 29.7 Å². The maximum absolute atomic E-state index is 12.5. The highest BCUT2D eigenvalue weighted by molar-refractivity contribution is 7.18. The molecule has 0 spiro atoms. The van der Waals surface area contributed by atoms with E-state index in [2.05, 4.69) is 27.8 Å². The van der Waals surface area contributed by atoms with Crippen molar-refractivity contribution in [3.8, 4) is 16.3 Å². The lowest BCUT2D eigenvalue weighted by Gasteiger charge is -2.13. The summed E-state index contributed by atoms with van der Waals surface area (Å²) in [4.78, 5) is 25.0. The van der Waals surface area contributed by atoms with Crippen LogP contribution in [0.15, 0.2) is 48.5 Å². The monoisotopic (exact) mass is 452 g/mol. The molecule has 1 unspecified atom stereocenters. The van der Waals surface area contributed by atoms with Crippen LogP contribution in [0.3, 0.4) is 0 Å². The minimum atomic E-state index is -0.722. The van der Waals surface area contributed by atoms with Gasteiger partial charge in [0, 0.05) is 11.1 Å². The average Bonchev–Trinajstić information content (AvgIpc) is 3.28. The largest absolute Gasteiger partial charge is 0.497 e. The number of hydrogen-bond donors (Lipinski definition) is 2. The van der Waals surface area contributed by atoms with Crippen molar-refractivity contribution in [1.29, 1.82) is 0 Å². The quantitative estimate of drug-likeness (QED) is 0.435. The Balaban J connectivity index is 1.53. The molecule has 1 aromatic heterocycles. The molecule has 1 atom stereocenters. The average molecular weight is 453 g/mol. The van der Waals surface area contributed by atoms with Gasteiger partial charge < -0.3 is 10.1 Å². The molecule has 0 saturated heterocycles. The SMILES string of the molecule is CCCCCc1ccc(C(=O)NC(C)C(=O)Nc2nnc(-c3ccc(OC)cc3)s2)cc1. The lowest BCUT2D eigenvalue weighted by Crippen LogP contribution is -2.41. The van der Waals surface area contributed by atoms with Gasteiger partial charge in [-0.25, -0.2) is 0 Å². The number of rotatable bonds is 10. The minimum absolute atomic E-state index is 0.288. The number of unbranched alkanes of at least 4 members (excludes halogenated alkanes) is 2. The van der Waals surface area contributed by atoms with Crippen LogP contribution in [0.25, 0.3) is 10.6 Å². The van der Waals surface area contributed by atoms with Crippen molar-refractivity contribution in [1.82, 2.24) is 15.5 Å². The molecule has 2 aromatic carbocycles. The molecule has 3 aromatic rings. The van der Waals surface area contributed by atoms with Gasteiger partial charge in [0.2, 0.25) is 11.0 Å². The van der Waals surface area contributed by atoms with Crippen LogP contribution < -0.4 is 15.4 Å². The third-order valence-electron chi connectivity index (χ3n) is 5.02. The van der Waals surface area contributed by atoms with Gasteiger partial charge in [-0.15, -0.1) is 10.2 Å². The number of hydrogen-bond acceptors (Lipinski definition) is 6. The normalized spacial score (nSPS) is 11.6. The van der Waals surface area contributed by atoms with Gasteiger partial charge in [0.15, 0.2) is 0 Å². The minimum Gasteiger partial charge on any atom is -0.497 e. The fourth-order valence-corrected chi connectivity index (χ4v) is 3.84. The number of methoxy groups -OCH3 is 1. The van der Waals surface area contributed by atoms with Gasteiger partial charge in [-0.1, -0.05) is 43.2 Å². The first kappa shape index (κ1) is 23.4. The highest BCUT2D eigenvalue weighted by Crippen LogP contribution is 2.27. The standard InChI is InChI=1S/C24H28N4O3S/c1-4-5-6-7-17-8-10-18(11-9-17)22(30)25-16(2)21(29)26-24-28-27-23(32-24)19-12-14-20(31-3)15-13-19/h8-16H,4-7H2,1-3H3,(H,25,30)(H,26,28,29). The molecule has 0 fully saturated rings. The second-order valence-corrected chi connectivity index (χ2v) is 8.46. The summed E-state index contributed by atoms with van der Waals surface area (Å²) in [6.45, 7) is 3.81. The number of aromatic nitrogens is 2. The van der Waals surface area contributed by atoms with Gasteiger partial charge in [-0.05, 0) is 61.7 Å². The summed E-state index contributed by atoms with van der Waals surface area (Å²) in [5.74, 6) is 0.110. The lowest BCUT2D eigenvalue weighted by molar-refractivity contribution is -0.117. The van der Waals surface area contributed by atoms with E-state index in [0.717, 1.165) is 24.2 Å². The molecule has 2 N–H and O–H groups in total. The van der Waals surface area contributed by atoms with Crippen LogP contribution in [-0.4, -0.2) is 35.2 Å². The van der Waals surface area contributed by atoms with Crippen LogP contribution in [0.5, 0.6) is 5.75 Å². The van der Waals surface area contributed by atoms with E-state index in [0.29, 0.717) is 15.7 Å². The number of carbonyl (C=O) groups excluding carboxylic acids is 2. The Morgan fingerprint density at radius 2 is 1.75 bits per heavy atom. The van der Waals surface area contributed by atoms with Crippen LogP contribution in [0.2, 0.25) is 0 Å². The number of nitrogens with zero attached hydrogens (tertiary/aromatic N) is 2. The highest BCUT2D eigenvalue weighted by Gasteiger charge is 2.18. The molecule has 32 heavy (non-hydrogen) atoms. The Labute approximate surface area is 192 Å². The zero-order valence-electron chi connectivity index (χ0n) is 18.6. The summed E-state index contributed by atoms with van der Waals surface area (Å²) < 4.78 is 5.15. The Morgan fingerprint density at radius 1 is 1.03 bits per heavy atom. The fraction of sp³-hybridized carbons (Fsp3) is 0.333. The summed E-state index contributed by atoms with van der Waals surface area (Å²) >= 11 is 1.26. The predicted octanol–water partition coefficient (Wildman–Crippen LogP) is 4.70. The Morgan fingerprint density at radius 3 is 2.41 bits per heavy atom. The molecule has 0 aliphatic rings. The van der Waals surface area contributed by atoms with Crippen molar-refractivity contribution in [2.24, 2.45) is 0 Å². The summed E-state index contributed by atoms with van der Waals surface area (Å²) in [5.41, 5.74) is 2.62. The van der Waals surface area contributed by atoms with Crippen LogP contribution in [0.4, 0.5) is 5.13 Å². The summed E-state index contributed by atoms with van der Waals surface area (Å²) in [6.07, 6.45) is 4.53. The first-order valence-electron chi connectivity index (χ1n) is 10.7. The van der Waals surface area contributed by atoms with Crippen LogP contribution in [0, 0.1) is 0 Å². The molecule has 0 bridgehead atoms. The number of nitrogens with one attached hydrogen (secondary N) is 2. The summed E-state index contributed by atoms with van der Waals surface area (Å²) in [5, 5.41) is 14.7. The maximum Gasteiger partial charge on any atom is 0.251 e. The number of carbonyl (C=O) groups is 2. The number of ether oxygens (including phenoxy) is 1. The Hall–Kier alpha value is -3.26. The van der Waals surface area contributed by atoms with Crippen molar-refractivity contribution < 1.29 is 14.3 Å². The van der Waals surface area contributed by atoms with Gasteiger partial charge in [-0.3, -0.25) is 14.9 Å². The van der Waals surface area contributed by atoms with E-state index >= 15 is 0 Å². The molecule has 0 radical (unpaired) electrons. The summed E-state index contributed by atoms with van der Waals surface area (Å²) in [6, 6.07) is 14.2. The van der Waals surface area contributed by atoms with Gasteiger partial charge in [-0.2, -0.15) is 0 Å². The third kappa shape index (κ3) is 6.37. The molecule has 0 aliphatic heterocycles. The van der Waals surface area contributed by atoms with Gasteiger partial charge >= 0.3 is 0 Å². The van der Waals surface area contributed by atoms with Crippen molar-refractivity contribution in [2.75, 3.05) is 12.4 Å². The van der Waals surface area contributed by atoms with Crippen LogP contribution in [0.1, 0.15) is 49.0 Å². The molecule has 2 amide bonds. The van der Waals surface area contributed by atoms with Crippen molar-refractivity contribution in [3.05, 3.63) is 59.7 Å².